The van der Waals surface area contributed by atoms with Gasteiger partial charge in [-0.05, 0) is 75.0 Å². The summed E-state index contributed by atoms with van der Waals surface area (Å²) in [5.74, 6) is 4.02. The zero-order valence-corrected chi connectivity index (χ0v) is 32.1. The molecule has 10 nitrogen and oxygen atoms in total. The van der Waals surface area contributed by atoms with Crippen LogP contribution in [-0.2, 0) is 0 Å². The fraction of sp³-hybridized carbons (Fsp3) is 1.00. The van der Waals surface area contributed by atoms with Crippen molar-refractivity contribution in [2.75, 3.05) is 66.5 Å². The average Bonchev–Trinajstić information content (AvgIpc) is 3.45. The standard InChI is InChI=1S/2C16H28N2.2CH3NO2.4Ar/c2*1-3-7-15-13(5-1)11-17-9-10-18(15)12-14-6-2-4-8-16(14)17;2*1-2(3)4;;;;/h2*13-16H,1-12H2;2*1H3;;;;. The molecule has 4 saturated heterocycles. The molecule has 284 valence electrons. The van der Waals surface area contributed by atoms with Gasteiger partial charge in [0.05, 0.1) is 0 Å². The van der Waals surface area contributed by atoms with Gasteiger partial charge in [-0.2, -0.15) is 0 Å². The second kappa shape index (κ2) is 25.8. The zero-order valence-electron chi connectivity index (χ0n) is 29.3. The fourth-order valence-electron chi connectivity index (χ4n) is 10.8. The van der Waals surface area contributed by atoms with E-state index in [0.29, 0.717) is 0 Å². The summed E-state index contributed by atoms with van der Waals surface area (Å²) in [5.41, 5.74) is 0. The minimum Gasteiger partial charge on any atom is -0.298 e. The predicted octanol–water partition coefficient (Wildman–Crippen LogP) is 5.26. The normalized spacial score (nSPS) is 40.0. The van der Waals surface area contributed by atoms with Crippen molar-refractivity contribution in [3.8, 4) is 0 Å². The van der Waals surface area contributed by atoms with Crippen molar-refractivity contribution in [1.29, 1.82) is 0 Å². The van der Waals surface area contributed by atoms with Crippen molar-refractivity contribution in [2.24, 2.45) is 23.7 Å². The molecule has 4 heterocycles. The van der Waals surface area contributed by atoms with E-state index in [4.69, 9.17) is 20.2 Å². The number of fused-ring (bicyclic) bond motifs is 14. The SMILES string of the molecule is C1CCC2C(C1)CN1CCN2CC2CCCCC21.C1CCC2C(C1)CN1CCN2CC2CCCCC21.C[N+](=O)[O-].C[N+](=O)[O-].[Ar].[Ar].[Ar].[Ar]. The van der Waals surface area contributed by atoms with E-state index in [1.165, 1.54) is 155 Å². The summed E-state index contributed by atoms with van der Waals surface area (Å²) in [6, 6.07) is 3.80. The van der Waals surface area contributed by atoms with Crippen molar-refractivity contribution in [3.63, 3.8) is 0 Å². The van der Waals surface area contributed by atoms with Gasteiger partial charge in [-0.1, -0.05) is 51.4 Å². The minimum absolute atomic E-state index is 0. The Hall–Kier alpha value is 3.68. The minimum atomic E-state index is -0.500. The van der Waals surface area contributed by atoms with Gasteiger partial charge in [-0.3, -0.25) is 39.8 Å². The van der Waals surface area contributed by atoms with Crippen LogP contribution in [0, 0.1) is 195 Å². The molecular weight excluding hydrogens is 716 g/mol. The Balaban J connectivity index is 0.000000369. The van der Waals surface area contributed by atoms with Crippen molar-refractivity contribution in [1.82, 2.24) is 19.6 Å². The van der Waals surface area contributed by atoms with E-state index in [1.54, 1.807) is 0 Å². The van der Waals surface area contributed by atoms with Crippen LogP contribution in [-0.4, -0.2) is 120 Å². The monoisotopic (exact) mass is 778 g/mol. The van der Waals surface area contributed by atoms with Crippen LogP contribution in [0.3, 0.4) is 0 Å². The summed E-state index contributed by atoms with van der Waals surface area (Å²) in [5, 5.41) is 17.6. The van der Waals surface area contributed by atoms with Crippen LogP contribution in [0.1, 0.15) is 103 Å². The van der Waals surface area contributed by atoms with Crippen molar-refractivity contribution in [2.45, 2.75) is 127 Å². The van der Waals surface area contributed by atoms with E-state index in [0.717, 1.165) is 61.9 Å². The molecule has 0 aromatic heterocycles. The Morgan fingerprint density at radius 2 is 0.562 bits per heavy atom. The number of nitrogens with zero attached hydrogens (tertiary/aromatic N) is 6. The molecule has 0 radical (unpaired) electrons. The Labute approximate surface area is 411 Å². The van der Waals surface area contributed by atoms with Gasteiger partial charge in [-0.15, -0.1) is 0 Å². The molecule has 0 aromatic rings. The topological polar surface area (TPSA) is 99.2 Å². The van der Waals surface area contributed by atoms with Gasteiger partial charge >= 0.3 is 0 Å². The van der Waals surface area contributed by atoms with Crippen LogP contribution >= 0.6 is 0 Å². The first-order valence-corrected chi connectivity index (χ1v) is 18.4. The van der Waals surface area contributed by atoms with Gasteiger partial charge in [0.1, 0.15) is 0 Å². The summed E-state index contributed by atoms with van der Waals surface area (Å²) in [6.45, 7) is 11.2. The van der Waals surface area contributed by atoms with E-state index >= 15 is 0 Å². The third-order valence-electron chi connectivity index (χ3n) is 12.6. The number of hydrogen-bond acceptors (Lipinski definition) is 8. The number of rotatable bonds is 0. The van der Waals surface area contributed by atoms with Crippen LogP contribution in [0.5, 0.6) is 0 Å². The van der Waals surface area contributed by atoms with Gasteiger partial charge in [0, 0.05) is 237 Å². The first kappa shape index (κ1) is 49.7. The largest absolute Gasteiger partial charge is 0.298 e. The smallest absolute Gasteiger partial charge is 0.194 e. The summed E-state index contributed by atoms with van der Waals surface area (Å²) in [7, 11) is 1.78. The summed E-state index contributed by atoms with van der Waals surface area (Å²) < 4.78 is 0. The van der Waals surface area contributed by atoms with Gasteiger partial charge in [0.2, 0.25) is 0 Å². The molecule has 14 heteroatoms. The maximum atomic E-state index is 8.81. The first-order valence-electron chi connectivity index (χ1n) is 18.4. The summed E-state index contributed by atoms with van der Waals surface area (Å²) in [4.78, 5) is 28.3. The van der Waals surface area contributed by atoms with Crippen LogP contribution in [0.15, 0.2) is 0 Å². The third kappa shape index (κ3) is 14.6. The van der Waals surface area contributed by atoms with Crippen molar-refractivity contribution < 1.29 is 161 Å². The molecule has 4 aliphatic carbocycles. The molecule has 4 aliphatic heterocycles. The maximum Gasteiger partial charge on any atom is 0.194 e. The second-order valence-electron chi connectivity index (χ2n) is 15.3. The third-order valence-corrected chi connectivity index (χ3v) is 12.6. The molecule has 8 aliphatic rings. The van der Waals surface area contributed by atoms with E-state index in [-0.39, 0.29) is 151 Å². The van der Waals surface area contributed by atoms with Crippen LogP contribution in [0.2, 0.25) is 0 Å². The Morgan fingerprint density at radius 3 is 0.750 bits per heavy atom. The molecule has 8 rings (SSSR count). The number of nitro groups is 2. The Morgan fingerprint density at radius 1 is 0.396 bits per heavy atom. The van der Waals surface area contributed by atoms with Crippen LogP contribution in [0.4, 0.5) is 0 Å². The average molecular weight is 779 g/mol. The van der Waals surface area contributed by atoms with E-state index in [2.05, 4.69) is 19.6 Å². The zero-order chi connectivity index (χ0) is 31.1. The Bertz CT molecular complexity index is 804. The second-order valence-corrected chi connectivity index (χ2v) is 15.3. The molecule has 4 saturated carbocycles. The maximum absolute atomic E-state index is 8.81. The molecule has 0 amide bonds. The van der Waals surface area contributed by atoms with Crippen LogP contribution in [0.25, 0.3) is 0 Å². The molecule has 12 atom stereocenters. The van der Waals surface area contributed by atoms with E-state index in [1.807, 2.05) is 0 Å². The molecule has 0 spiro atoms. The Kier molecular flexibility index (Phi) is 26.7. The van der Waals surface area contributed by atoms with Crippen molar-refractivity contribution in [3.05, 3.63) is 20.2 Å². The molecular formula is C34H62Ar4N6O4. The predicted molar refractivity (Wildman–Crippen MR) is 175 cm³/mol. The fourth-order valence-corrected chi connectivity index (χ4v) is 10.8. The van der Waals surface area contributed by atoms with E-state index in [9.17, 15) is 0 Å². The van der Waals surface area contributed by atoms with E-state index < -0.39 is 9.85 Å². The van der Waals surface area contributed by atoms with Crippen molar-refractivity contribution >= 4 is 0 Å². The van der Waals surface area contributed by atoms with Gasteiger partial charge < -0.3 is 0 Å². The van der Waals surface area contributed by atoms with Gasteiger partial charge in [-0.25, -0.2) is 0 Å². The molecule has 4 bridgehead atoms. The van der Waals surface area contributed by atoms with Gasteiger partial charge in [0.15, 0.2) is 14.1 Å². The molecule has 48 heavy (non-hydrogen) atoms. The summed E-state index contributed by atoms with van der Waals surface area (Å²) >= 11 is 0. The molecule has 8 fully saturated rings. The first-order chi connectivity index (χ1) is 21.3. The van der Waals surface area contributed by atoms with Gasteiger partial charge in [0.25, 0.3) is 0 Å². The van der Waals surface area contributed by atoms with Crippen LogP contribution < -0.4 is 0 Å². The quantitative estimate of drug-likeness (QED) is 0.243. The summed E-state index contributed by atoms with van der Waals surface area (Å²) in [6.07, 6.45) is 24.0. The number of hydrogen-bond donors (Lipinski definition) is 0. The molecule has 12 unspecified atom stereocenters. The molecule has 0 aromatic carbocycles. The molecule has 0 N–H and O–H groups in total.